The highest BCUT2D eigenvalue weighted by atomic mass is 16.2. The van der Waals surface area contributed by atoms with Crippen molar-refractivity contribution in [1.82, 2.24) is 9.80 Å². The molecule has 5 nitrogen and oxygen atoms in total. The van der Waals surface area contributed by atoms with E-state index in [4.69, 9.17) is 0 Å². The second-order valence-corrected chi connectivity index (χ2v) is 7.96. The van der Waals surface area contributed by atoms with E-state index in [1.54, 1.807) is 9.80 Å². The van der Waals surface area contributed by atoms with Crippen molar-refractivity contribution < 1.29 is 9.59 Å². The number of para-hydroxylation sites is 1. The third-order valence-corrected chi connectivity index (χ3v) is 5.69. The van der Waals surface area contributed by atoms with Gasteiger partial charge in [0.15, 0.2) is 0 Å². The lowest BCUT2D eigenvalue weighted by Crippen LogP contribution is -2.47. The summed E-state index contributed by atoms with van der Waals surface area (Å²) < 4.78 is 0. The van der Waals surface area contributed by atoms with E-state index in [1.165, 1.54) is 10.8 Å². The Hall–Kier alpha value is -3.34. The molecule has 1 N–H and O–H groups in total. The fraction of sp³-hybridized carbons (Fsp3) is 0.280. The number of nitrogens with zero attached hydrogens (tertiary/aromatic N) is 2. The maximum atomic E-state index is 13.1. The zero-order valence-electron chi connectivity index (χ0n) is 17.3. The highest BCUT2D eigenvalue weighted by Crippen LogP contribution is 2.22. The number of urea groups is 1. The average Bonchev–Trinajstić information content (AvgIpc) is 2.79. The quantitative estimate of drug-likeness (QED) is 0.686. The molecule has 1 fully saturated rings. The van der Waals surface area contributed by atoms with Crippen LogP contribution in [0.25, 0.3) is 10.8 Å². The zero-order valence-corrected chi connectivity index (χ0v) is 17.3. The molecule has 0 unspecified atom stereocenters. The number of rotatable bonds is 4. The Kier molecular flexibility index (Phi) is 5.98. The topological polar surface area (TPSA) is 52.7 Å². The highest BCUT2D eigenvalue weighted by molar-refractivity contribution is 5.90. The molecule has 0 radical (unpaired) electrons. The molecule has 3 aromatic carbocycles. The van der Waals surface area contributed by atoms with E-state index in [9.17, 15) is 9.59 Å². The van der Waals surface area contributed by atoms with Crippen molar-refractivity contribution >= 4 is 28.4 Å². The van der Waals surface area contributed by atoms with Crippen LogP contribution in [0.5, 0.6) is 0 Å². The number of benzene rings is 3. The molecule has 0 aromatic heterocycles. The smallest absolute Gasteiger partial charge is 0.321 e. The number of likely N-dealkylation sites (tertiary alicyclic amines) is 1. The molecule has 3 amide bonds. The predicted octanol–water partition coefficient (Wildman–Crippen LogP) is 4.74. The Bertz CT molecular complexity index is 1030. The third kappa shape index (κ3) is 4.62. The van der Waals surface area contributed by atoms with E-state index in [0.717, 1.165) is 24.1 Å². The number of hydrogen-bond acceptors (Lipinski definition) is 2. The van der Waals surface area contributed by atoms with Crippen LogP contribution in [0.1, 0.15) is 18.4 Å². The minimum atomic E-state index is -0.161. The van der Waals surface area contributed by atoms with Crippen LogP contribution < -0.4 is 5.32 Å². The number of carbonyl (C=O) groups excluding carboxylic acids is 2. The lowest BCUT2D eigenvalue weighted by atomic mass is 9.96. The van der Waals surface area contributed by atoms with Crippen LogP contribution in [0.4, 0.5) is 10.5 Å². The zero-order chi connectivity index (χ0) is 20.9. The Balaban J connectivity index is 1.37. The molecule has 0 saturated carbocycles. The van der Waals surface area contributed by atoms with Gasteiger partial charge in [-0.3, -0.25) is 4.79 Å². The molecule has 4 rings (SSSR count). The predicted molar refractivity (Wildman–Crippen MR) is 120 cm³/mol. The van der Waals surface area contributed by atoms with Gasteiger partial charge < -0.3 is 15.1 Å². The van der Waals surface area contributed by atoms with Crippen molar-refractivity contribution in [1.29, 1.82) is 0 Å². The summed E-state index contributed by atoms with van der Waals surface area (Å²) in [7, 11) is 1.85. The largest absolute Gasteiger partial charge is 0.341 e. The number of hydrogen-bond donors (Lipinski definition) is 1. The first kappa shape index (κ1) is 20.0. The summed E-state index contributed by atoms with van der Waals surface area (Å²) in [6.45, 7) is 1.70. The summed E-state index contributed by atoms with van der Waals surface area (Å²) in [6, 6.07) is 23.8. The van der Waals surface area contributed by atoms with Crippen molar-refractivity contribution in [2.45, 2.75) is 19.4 Å². The Morgan fingerprint density at radius 1 is 1.00 bits per heavy atom. The lowest BCUT2D eigenvalue weighted by molar-refractivity contribution is -0.136. The number of carbonyl (C=O) groups is 2. The van der Waals surface area contributed by atoms with E-state index in [-0.39, 0.29) is 17.9 Å². The van der Waals surface area contributed by atoms with Crippen molar-refractivity contribution in [3.8, 4) is 0 Å². The molecule has 0 aliphatic carbocycles. The maximum absolute atomic E-state index is 13.1. The van der Waals surface area contributed by atoms with Crippen molar-refractivity contribution in [2.24, 2.45) is 5.92 Å². The normalized spacial score (nSPS) is 16.3. The molecular weight excluding hydrogens is 374 g/mol. The number of piperidine rings is 1. The number of fused-ring (bicyclic) bond motifs is 1. The minimum Gasteiger partial charge on any atom is -0.341 e. The standard InChI is InChI=1S/C25H27N3O2/c1-27(17-19-13-14-20-8-5-6-9-21(20)16-19)24(29)22-10-7-15-28(18-22)25(30)26-23-11-3-2-4-12-23/h2-6,8-9,11-14,16,22H,7,10,15,17-18H2,1H3,(H,26,30)/t22-/m0/s1. The van der Waals surface area contributed by atoms with Crippen LogP contribution >= 0.6 is 0 Å². The number of anilines is 1. The van der Waals surface area contributed by atoms with Gasteiger partial charge in [-0.1, -0.05) is 54.6 Å². The van der Waals surface area contributed by atoms with Crippen molar-refractivity contribution in [2.75, 3.05) is 25.5 Å². The highest BCUT2D eigenvalue weighted by Gasteiger charge is 2.30. The molecule has 30 heavy (non-hydrogen) atoms. The maximum Gasteiger partial charge on any atom is 0.321 e. The molecule has 1 saturated heterocycles. The van der Waals surface area contributed by atoms with Crippen molar-refractivity contribution in [3.63, 3.8) is 0 Å². The molecular formula is C25H27N3O2. The summed E-state index contributed by atoms with van der Waals surface area (Å²) in [6.07, 6.45) is 1.65. The first-order chi connectivity index (χ1) is 14.6. The van der Waals surface area contributed by atoms with E-state index in [0.29, 0.717) is 19.6 Å². The van der Waals surface area contributed by atoms with E-state index < -0.39 is 0 Å². The van der Waals surface area contributed by atoms with Gasteiger partial charge in [-0.15, -0.1) is 0 Å². The minimum absolute atomic E-state index is 0.0976. The summed E-state index contributed by atoms with van der Waals surface area (Å²) in [5.41, 5.74) is 1.88. The van der Waals surface area contributed by atoms with Crippen LogP contribution in [-0.4, -0.2) is 41.9 Å². The lowest BCUT2D eigenvalue weighted by Gasteiger charge is -2.34. The van der Waals surface area contributed by atoms with Crippen LogP contribution in [0, 0.1) is 5.92 Å². The molecule has 0 spiro atoms. The van der Waals surface area contributed by atoms with E-state index >= 15 is 0 Å². The second-order valence-electron chi connectivity index (χ2n) is 7.96. The third-order valence-electron chi connectivity index (χ3n) is 5.69. The van der Waals surface area contributed by atoms with Gasteiger partial charge in [0, 0.05) is 32.4 Å². The Morgan fingerprint density at radius 2 is 1.73 bits per heavy atom. The molecule has 154 valence electrons. The number of nitrogens with one attached hydrogen (secondary N) is 1. The van der Waals surface area contributed by atoms with Gasteiger partial charge in [0.25, 0.3) is 0 Å². The first-order valence-electron chi connectivity index (χ1n) is 10.4. The molecule has 1 heterocycles. The van der Waals surface area contributed by atoms with Crippen molar-refractivity contribution in [3.05, 3.63) is 78.4 Å². The van der Waals surface area contributed by atoms with Gasteiger partial charge in [0.05, 0.1) is 5.92 Å². The Morgan fingerprint density at radius 3 is 2.53 bits per heavy atom. The van der Waals surface area contributed by atoms with Crippen LogP contribution in [-0.2, 0) is 11.3 Å². The van der Waals surface area contributed by atoms with Gasteiger partial charge >= 0.3 is 6.03 Å². The average molecular weight is 402 g/mol. The molecule has 5 heteroatoms. The van der Waals surface area contributed by atoms with E-state index in [1.807, 2.05) is 49.5 Å². The molecule has 1 atom stereocenters. The van der Waals surface area contributed by atoms with Gasteiger partial charge in [0.2, 0.25) is 5.91 Å². The molecule has 1 aliphatic heterocycles. The fourth-order valence-electron chi connectivity index (χ4n) is 4.09. The van der Waals surface area contributed by atoms with Gasteiger partial charge in [-0.25, -0.2) is 4.79 Å². The van der Waals surface area contributed by atoms with E-state index in [2.05, 4.69) is 35.6 Å². The van der Waals surface area contributed by atoms with Crippen LogP contribution in [0.2, 0.25) is 0 Å². The molecule has 1 aliphatic rings. The fourth-order valence-corrected chi connectivity index (χ4v) is 4.09. The summed E-state index contributed by atoms with van der Waals surface area (Å²) in [5.74, 6) is -0.0638. The summed E-state index contributed by atoms with van der Waals surface area (Å²) >= 11 is 0. The van der Waals surface area contributed by atoms with Gasteiger partial charge in [-0.2, -0.15) is 0 Å². The second kappa shape index (κ2) is 8.99. The Labute approximate surface area is 177 Å². The first-order valence-corrected chi connectivity index (χ1v) is 10.4. The monoisotopic (exact) mass is 401 g/mol. The SMILES string of the molecule is CN(Cc1ccc2ccccc2c1)C(=O)[C@H]1CCCN(C(=O)Nc2ccccc2)C1. The van der Waals surface area contributed by atoms with Gasteiger partial charge in [-0.05, 0) is 47.4 Å². The molecule has 3 aromatic rings. The summed E-state index contributed by atoms with van der Waals surface area (Å²) in [5, 5.41) is 5.29. The number of amides is 3. The van der Waals surface area contributed by atoms with Crippen LogP contribution in [0.3, 0.4) is 0 Å². The summed E-state index contributed by atoms with van der Waals surface area (Å²) in [4.78, 5) is 29.2. The van der Waals surface area contributed by atoms with Gasteiger partial charge in [0.1, 0.15) is 0 Å². The molecule has 0 bridgehead atoms. The van der Waals surface area contributed by atoms with Crippen LogP contribution in [0.15, 0.2) is 72.8 Å².